The van der Waals surface area contributed by atoms with Gasteiger partial charge in [0, 0.05) is 0 Å². The first kappa shape index (κ1) is 12.2. The van der Waals surface area contributed by atoms with Crippen LogP contribution in [0, 0.1) is 12.7 Å². The number of nitrogens with zero attached hydrogens (tertiary/aromatic N) is 1. The van der Waals surface area contributed by atoms with Crippen LogP contribution in [-0.2, 0) is 14.4 Å². The highest BCUT2D eigenvalue weighted by atomic mass is 32.2. The molecule has 0 N–H and O–H groups in total. The van der Waals surface area contributed by atoms with Crippen LogP contribution < -0.4 is 0 Å². The van der Waals surface area contributed by atoms with Crippen LogP contribution in [0.1, 0.15) is 5.56 Å². The van der Waals surface area contributed by atoms with Crippen LogP contribution in [0.2, 0.25) is 0 Å². The lowest BCUT2D eigenvalue weighted by molar-refractivity contribution is 0.340. The standard InChI is InChI=1S/C11H9NO3S2/c1-9-4-6-10(7-5-9)17(13,14)15-12-11-3-2-8-16-11/h2-7H,1H3/b12-11-. The highest BCUT2D eigenvalue weighted by molar-refractivity contribution is 8.16. The molecule has 0 fully saturated rings. The molecule has 0 aromatic heterocycles. The van der Waals surface area contributed by atoms with Crippen LogP contribution in [0.4, 0.5) is 0 Å². The molecule has 1 aromatic rings. The molecule has 6 heteroatoms. The Balaban J connectivity index is 2.16. The zero-order chi connectivity index (χ0) is 12.3. The van der Waals surface area contributed by atoms with Crippen molar-refractivity contribution in [3.8, 4) is 0 Å². The fraction of sp³-hybridized carbons (Fsp3) is 0.0909. The number of rotatable bonds is 3. The Morgan fingerprint density at radius 2 is 2.00 bits per heavy atom. The summed E-state index contributed by atoms with van der Waals surface area (Å²) in [6, 6.07) is 6.38. The van der Waals surface area contributed by atoms with Gasteiger partial charge in [0.25, 0.3) is 0 Å². The van der Waals surface area contributed by atoms with Crippen molar-refractivity contribution in [2.24, 2.45) is 5.16 Å². The Morgan fingerprint density at radius 1 is 1.29 bits per heavy atom. The predicted molar refractivity (Wildman–Crippen MR) is 66.9 cm³/mol. The summed E-state index contributed by atoms with van der Waals surface area (Å²) in [5.41, 5.74) is 0.980. The molecule has 88 valence electrons. The maximum absolute atomic E-state index is 11.7. The second-order valence-electron chi connectivity index (χ2n) is 3.32. The summed E-state index contributed by atoms with van der Waals surface area (Å²) in [4.78, 5) is 0.0902. The topological polar surface area (TPSA) is 55.7 Å². The molecule has 0 aliphatic carbocycles. The molecule has 0 unspecified atom stereocenters. The minimum atomic E-state index is -3.83. The van der Waals surface area contributed by atoms with Crippen molar-refractivity contribution in [3.63, 3.8) is 0 Å². The maximum atomic E-state index is 11.7. The molecule has 2 radical (unpaired) electrons. The molecule has 0 saturated heterocycles. The van der Waals surface area contributed by atoms with E-state index in [-0.39, 0.29) is 4.90 Å². The van der Waals surface area contributed by atoms with E-state index in [1.807, 2.05) is 6.92 Å². The summed E-state index contributed by atoms with van der Waals surface area (Å²) < 4.78 is 28.0. The molecule has 1 aromatic carbocycles. The van der Waals surface area contributed by atoms with Gasteiger partial charge in [0.1, 0.15) is 9.94 Å². The maximum Gasteiger partial charge on any atom is 0.358 e. The van der Waals surface area contributed by atoms with E-state index >= 15 is 0 Å². The Kier molecular flexibility index (Phi) is 3.54. The first-order valence-electron chi connectivity index (χ1n) is 4.75. The van der Waals surface area contributed by atoms with Crippen molar-refractivity contribution < 1.29 is 12.7 Å². The van der Waals surface area contributed by atoms with Gasteiger partial charge in [-0.05, 0) is 25.1 Å². The zero-order valence-corrected chi connectivity index (χ0v) is 10.6. The smallest absolute Gasteiger partial charge is 0.264 e. The first-order valence-corrected chi connectivity index (χ1v) is 6.98. The largest absolute Gasteiger partial charge is 0.358 e. The molecule has 0 amide bonds. The van der Waals surface area contributed by atoms with Crippen LogP contribution in [0.5, 0.6) is 0 Å². The van der Waals surface area contributed by atoms with Crippen LogP contribution in [0.25, 0.3) is 0 Å². The Labute approximate surface area is 104 Å². The molecule has 0 saturated carbocycles. The zero-order valence-electron chi connectivity index (χ0n) is 8.95. The van der Waals surface area contributed by atoms with Crippen LogP contribution >= 0.6 is 11.8 Å². The third kappa shape index (κ3) is 3.10. The van der Waals surface area contributed by atoms with E-state index in [1.165, 1.54) is 23.9 Å². The number of aryl methyl sites for hydroxylation is 1. The molecule has 0 atom stereocenters. The molecule has 0 bridgehead atoms. The van der Waals surface area contributed by atoms with Gasteiger partial charge in [-0.25, -0.2) is 0 Å². The highest BCUT2D eigenvalue weighted by Crippen LogP contribution is 2.20. The summed E-state index contributed by atoms with van der Waals surface area (Å²) in [7, 11) is -3.83. The Morgan fingerprint density at radius 3 is 2.59 bits per heavy atom. The molecule has 1 heterocycles. The molecular formula is C11H9NO3S2. The monoisotopic (exact) mass is 267 g/mol. The van der Waals surface area contributed by atoms with E-state index < -0.39 is 10.1 Å². The van der Waals surface area contributed by atoms with E-state index in [1.54, 1.807) is 24.3 Å². The molecule has 0 spiro atoms. The van der Waals surface area contributed by atoms with Gasteiger partial charge in [-0.2, -0.15) is 8.42 Å². The van der Waals surface area contributed by atoms with Crippen molar-refractivity contribution in [3.05, 3.63) is 47.7 Å². The van der Waals surface area contributed by atoms with Crippen LogP contribution in [0.15, 0.2) is 46.5 Å². The molecule has 4 nitrogen and oxygen atoms in total. The van der Waals surface area contributed by atoms with E-state index in [0.717, 1.165) is 5.56 Å². The van der Waals surface area contributed by atoms with Gasteiger partial charge in [0.05, 0.1) is 5.75 Å². The van der Waals surface area contributed by atoms with E-state index in [0.29, 0.717) is 5.04 Å². The van der Waals surface area contributed by atoms with Crippen molar-refractivity contribution in [2.45, 2.75) is 11.8 Å². The van der Waals surface area contributed by atoms with Gasteiger partial charge in [0.2, 0.25) is 0 Å². The third-order valence-electron chi connectivity index (χ3n) is 1.99. The van der Waals surface area contributed by atoms with E-state index in [9.17, 15) is 8.42 Å². The summed E-state index contributed by atoms with van der Waals surface area (Å²) in [6.07, 6.45) is 3.26. The van der Waals surface area contributed by atoms with Gasteiger partial charge in [-0.3, -0.25) is 4.28 Å². The van der Waals surface area contributed by atoms with Crippen molar-refractivity contribution in [2.75, 3.05) is 0 Å². The molecule has 1 aliphatic rings. The van der Waals surface area contributed by atoms with Crippen LogP contribution in [0.3, 0.4) is 0 Å². The lowest BCUT2D eigenvalue weighted by atomic mass is 10.2. The fourth-order valence-corrected chi connectivity index (χ4v) is 2.37. The predicted octanol–water partition coefficient (Wildman–Crippen LogP) is 2.36. The summed E-state index contributed by atoms with van der Waals surface area (Å²) in [5.74, 6) is 2.79. The second kappa shape index (κ2) is 4.93. The number of hydrogen-bond acceptors (Lipinski definition) is 5. The number of hydrogen-bond donors (Lipinski definition) is 0. The fourth-order valence-electron chi connectivity index (χ4n) is 1.12. The van der Waals surface area contributed by atoms with Gasteiger partial charge in [0.15, 0.2) is 0 Å². The van der Waals surface area contributed by atoms with Crippen molar-refractivity contribution in [1.29, 1.82) is 0 Å². The summed E-state index contributed by atoms with van der Waals surface area (Å²) in [6.45, 7) is 1.88. The summed E-state index contributed by atoms with van der Waals surface area (Å²) in [5, 5.41) is 3.99. The summed E-state index contributed by atoms with van der Waals surface area (Å²) >= 11 is 1.18. The number of benzene rings is 1. The quantitative estimate of drug-likeness (QED) is 0.789. The minimum absolute atomic E-state index is 0.0902. The van der Waals surface area contributed by atoms with Gasteiger partial charge >= 0.3 is 10.1 Å². The van der Waals surface area contributed by atoms with Gasteiger partial charge in [-0.15, -0.1) is 0 Å². The highest BCUT2D eigenvalue weighted by Gasteiger charge is 2.16. The van der Waals surface area contributed by atoms with E-state index in [4.69, 9.17) is 0 Å². The third-order valence-corrected chi connectivity index (χ3v) is 3.79. The molecular weight excluding hydrogens is 258 g/mol. The lowest BCUT2D eigenvalue weighted by Gasteiger charge is -2.02. The molecule has 2 rings (SSSR count). The second-order valence-corrected chi connectivity index (χ2v) is 5.71. The van der Waals surface area contributed by atoms with Crippen molar-refractivity contribution >= 4 is 26.9 Å². The average Bonchev–Trinajstić information content (AvgIpc) is 2.80. The van der Waals surface area contributed by atoms with Gasteiger partial charge < -0.3 is 0 Å². The Hall–Kier alpha value is -1.27. The lowest BCUT2D eigenvalue weighted by Crippen LogP contribution is -2.03. The SMILES string of the molecule is Cc1ccc(S(=O)(=O)O/N=C2/C=C[C]S2)cc1. The number of thioether (sulfide) groups is 1. The first-order chi connectivity index (χ1) is 8.08. The molecule has 1 aliphatic heterocycles. The van der Waals surface area contributed by atoms with E-state index in [2.05, 4.69) is 15.2 Å². The van der Waals surface area contributed by atoms with Crippen molar-refractivity contribution in [1.82, 2.24) is 0 Å². The van der Waals surface area contributed by atoms with Gasteiger partial charge in [-0.1, -0.05) is 40.7 Å². The minimum Gasteiger partial charge on any atom is -0.264 e. The normalized spacial score (nSPS) is 17.6. The van der Waals surface area contributed by atoms with Crippen LogP contribution in [-0.4, -0.2) is 13.5 Å². The molecule has 17 heavy (non-hydrogen) atoms. The Bertz CT molecular complexity index is 559. The average molecular weight is 267 g/mol. The number of oxime groups is 1.